The van der Waals surface area contributed by atoms with Crippen molar-refractivity contribution < 1.29 is 0 Å². The first-order chi connectivity index (χ1) is 7.83. The predicted octanol–water partition coefficient (Wildman–Crippen LogP) is 3.57. The largest absolute Gasteiger partial charge is 0.316 e. The Bertz CT molecular complexity index is 300. The Kier molecular flexibility index (Phi) is 6.59. The van der Waals surface area contributed by atoms with Crippen molar-refractivity contribution in [2.75, 3.05) is 13.1 Å². The van der Waals surface area contributed by atoms with Gasteiger partial charge in [-0.25, -0.2) is 0 Å². The van der Waals surface area contributed by atoms with Crippen LogP contribution in [0.2, 0.25) is 0 Å². The second kappa shape index (κ2) is 8.12. The molecule has 1 N–H and O–H groups in total. The summed E-state index contributed by atoms with van der Waals surface area (Å²) in [7, 11) is 0. The fourth-order valence-electron chi connectivity index (χ4n) is 1.71. The topological polar surface area (TPSA) is 12.0 Å². The van der Waals surface area contributed by atoms with Crippen LogP contribution >= 0.6 is 0 Å². The third-order valence-corrected chi connectivity index (χ3v) is 2.57. The summed E-state index contributed by atoms with van der Waals surface area (Å²) in [6.07, 6.45) is 5.77. The van der Waals surface area contributed by atoms with Crippen LogP contribution in [0.15, 0.2) is 42.0 Å². The average Bonchev–Trinajstić information content (AvgIpc) is 2.30. The first-order valence-electron chi connectivity index (χ1n) is 6.23. The van der Waals surface area contributed by atoms with E-state index in [1.54, 1.807) is 0 Å². The predicted molar refractivity (Wildman–Crippen MR) is 71.7 cm³/mol. The van der Waals surface area contributed by atoms with Crippen LogP contribution in [-0.4, -0.2) is 13.1 Å². The van der Waals surface area contributed by atoms with Crippen LogP contribution in [0.4, 0.5) is 0 Å². The molecule has 1 rings (SSSR count). The van der Waals surface area contributed by atoms with E-state index in [1.165, 1.54) is 17.6 Å². The van der Waals surface area contributed by atoms with Gasteiger partial charge >= 0.3 is 0 Å². The van der Waals surface area contributed by atoms with Gasteiger partial charge in [0.1, 0.15) is 0 Å². The highest BCUT2D eigenvalue weighted by atomic mass is 14.8. The Morgan fingerprint density at radius 3 is 2.62 bits per heavy atom. The molecule has 1 aromatic carbocycles. The van der Waals surface area contributed by atoms with Crippen LogP contribution in [0, 0.1) is 0 Å². The zero-order chi connectivity index (χ0) is 11.6. The molecule has 1 nitrogen and oxygen atoms in total. The third-order valence-electron chi connectivity index (χ3n) is 2.57. The molecule has 0 unspecified atom stereocenters. The number of benzene rings is 1. The molecular formula is C15H23N. The number of nitrogens with one attached hydrogen (secondary N) is 1. The van der Waals surface area contributed by atoms with Crippen LogP contribution in [0.1, 0.15) is 32.3 Å². The minimum atomic E-state index is 1.08. The molecule has 88 valence electrons. The summed E-state index contributed by atoms with van der Waals surface area (Å²) in [4.78, 5) is 0. The minimum absolute atomic E-state index is 1.08. The molecule has 0 aliphatic carbocycles. The fraction of sp³-hybridized carbons (Fsp3) is 0.467. The maximum absolute atomic E-state index is 3.41. The van der Waals surface area contributed by atoms with Gasteiger partial charge in [0.2, 0.25) is 0 Å². The van der Waals surface area contributed by atoms with E-state index in [0.717, 1.165) is 25.9 Å². The Morgan fingerprint density at radius 2 is 1.94 bits per heavy atom. The normalized spacial score (nSPS) is 11.8. The zero-order valence-electron chi connectivity index (χ0n) is 10.5. The number of allylic oxidation sites excluding steroid dienone is 1. The molecule has 16 heavy (non-hydrogen) atoms. The molecule has 0 amide bonds. The van der Waals surface area contributed by atoms with Crippen LogP contribution < -0.4 is 5.32 Å². The van der Waals surface area contributed by atoms with Gasteiger partial charge < -0.3 is 5.32 Å². The Labute approximate surface area is 99.6 Å². The van der Waals surface area contributed by atoms with Crippen LogP contribution in [0.5, 0.6) is 0 Å². The van der Waals surface area contributed by atoms with Crippen molar-refractivity contribution in [2.24, 2.45) is 0 Å². The fourth-order valence-corrected chi connectivity index (χ4v) is 1.71. The Morgan fingerprint density at radius 1 is 1.19 bits per heavy atom. The molecule has 0 saturated heterocycles. The van der Waals surface area contributed by atoms with Gasteiger partial charge in [-0.3, -0.25) is 0 Å². The second-order valence-corrected chi connectivity index (χ2v) is 4.25. The monoisotopic (exact) mass is 217 g/mol. The summed E-state index contributed by atoms with van der Waals surface area (Å²) in [5, 5.41) is 3.41. The highest BCUT2D eigenvalue weighted by Gasteiger charge is 1.93. The summed E-state index contributed by atoms with van der Waals surface area (Å²) >= 11 is 0. The van der Waals surface area contributed by atoms with Gasteiger partial charge in [0, 0.05) is 0 Å². The molecule has 0 heterocycles. The van der Waals surface area contributed by atoms with Crippen LogP contribution in [0.3, 0.4) is 0 Å². The first kappa shape index (κ1) is 13.0. The van der Waals surface area contributed by atoms with Crippen molar-refractivity contribution in [2.45, 2.75) is 33.1 Å². The van der Waals surface area contributed by atoms with E-state index < -0.39 is 0 Å². The van der Waals surface area contributed by atoms with Crippen molar-refractivity contribution >= 4 is 0 Å². The second-order valence-electron chi connectivity index (χ2n) is 4.25. The van der Waals surface area contributed by atoms with E-state index in [1.807, 2.05) is 0 Å². The van der Waals surface area contributed by atoms with Crippen LogP contribution in [-0.2, 0) is 6.42 Å². The van der Waals surface area contributed by atoms with Gasteiger partial charge in [0.15, 0.2) is 0 Å². The van der Waals surface area contributed by atoms with E-state index in [2.05, 4.69) is 55.6 Å². The van der Waals surface area contributed by atoms with Gasteiger partial charge in [-0.2, -0.15) is 0 Å². The van der Waals surface area contributed by atoms with Gasteiger partial charge in [0.25, 0.3) is 0 Å². The molecular weight excluding hydrogens is 194 g/mol. The SMILES string of the molecule is CCCNCC/C=C(/C)Cc1ccccc1. The number of rotatable bonds is 7. The lowest BCUT2D eigenvalue weighted by Crippen LogP contribution is -2.15. The third kappa shape index (κ3) is 5.72. The highest BCUT2D eigenvalue weighted by molar-refractivity contribution is 5.20. The smallest absolute Gasteiger partial charge is 0.00142 e. The van der Waals surface area contributed by atoms with E-state index in [0.29, 0.717) is 0 Å². The number of hydrogen-bond donors (Lipinski definition) is 1. The standard InChI is InChI=1S/C15H23N/c1-3-11-16-12-7-8-14(2)13-15-9-5-4-6-10-15/h4-6,8-10,16H,3,7,11-13H2,1-2H3/b14-8-. The maximum Gasteiger partial charge on any atom is -0.00142 e. The van der Waals surface area contributed by atoms with E-state index >= 15 is 0 Å². The lowest BCUT2D eigenvalue weighted by Gasteiger charge is -2.03. The van der Waals surface area contributed by atoms with Gasteiger partial charge in [-0.05, 0) is 44.8 Å². The number of hydrogen-bond acceptors (Lipinski definition) is 1. The summed E-state index contributed by atoms with van der Waals surface area (Å²) in [6.45, 7) is 6.64. The van der Waals surface area contributed by atoms with E-state index in [9.17, 15) is 0 Å². The summed E-state index contributed by atoms with van der Waals surface area (Å²) < 4.78 is 0. The van der Waals surface area contributed by atoms with Gasteiger partial charge in [-0.1, -0.05) is 48.9 Å². The molecule has 0 bridgehead atoms. The summed E-state index contributed by atoms with van der Waals surface area (Å²) in [5.74, 6) is 0. The summed E-state index contributed by atoms with van der Waals surface area (Å²) in [6, 6.07) is 10.6. The molecule has 0 saturated carbocycles. The van der Waals surface area contributed by atoms with E-state index in [-0.39, 0.29) is 0 Å². The van der Waals surface area contributed by atoms with E-state index in [4.69, 9.17) is 0 Å². The average molecular weight is 217 g/mol. The summed E-state index contributed by atoms with van der Waals surface area (Å²) in [5.41, 5.74) is 2.86. The lowest BCUT2D eigenvalue weighted by atomic mass is 10.1. The molecule has 0 spiro atoms. The van der Waals surface area contributed by atoms with Crippen LogP contribution in [0.25, 0.3) is 0 Å². The lowest BCUT2D eigenvalue weighted by molar-refractivity contribution is 0.677. The molecule has 0 radical (unpaired) electrons. The van der Waals surface area contributed by atoms with Gasteiger partial charge in [-0.15, -0.1) is 0 Å². The Balaban J connectivity index is 2.24. The quantitative estimate of drug-likeness (QED) is 0.544. The molecule has 0 fully saturated rings. The molecule has 0 aliphatic rings. The minimum Gasteiger partial charge on any atom is -0.316 e. The molecule has 0 aromatic heterocycles. The van der Waals surface area contributed by atoms with Crippen molar-refractivity contribution in [3.05, 3.63) is 47.5 Å². The van der Waals surface area contributed by atoms with Crippen molar-refractivity contribution in [1.82, 2.24) is 5.32 Å². The van der Waals surface area contributed by atoms with Crippen molar-refractivity contribution in [3.63, 3.8) is 0 Å². The Hall–Kier alpha value is -1.08. The maximum atomic E-state index is 3.41. The highest BCUT2D eigenvalue weighted by Crippen LogP contribution is 2.07. The zero-order valence-corrected chi connectivity index (χ0v) is 10.5. The molecule has 1 heteroatoms. The first-order valence-corrected chi connectivity index (χ1v) is 6.23. The van der Waals surface area contributed by atoms with Gasteiger partial charge in [0.05, 0.1) is 0 Å². The molecule has 0 aliphatic heterocycles. The van der Waals surface area contributed by atoms with Crippen molar-refractivity contribution in [1.29, 1.82) is 0 Å². The van der Waals surface area contributed by atoms with Crippen molar-refractivity contribution in [3.8, 4) is 0 Å². The molecule has 1 aromatic rings. The molecule has 0 atom stereocenters.